The molecule has 0 bridgehead atoms. The van der Waals surface area contributed by atoms with Crippen molar-refractivity contribution in [1.29, 1.82) is 0 Å². The van der Waals surface area contributed by atoms with Crippen molar-refractivity contribution in [2.75, 3.05) is 0 Å². The molecule has 2 rings (SSSR count). The van der Waals surface area contributed by atoms with E-state index in [-0.39, 0.29) is 18.0 Å². The highest BCUT2D eigenvalue weighted by atomic mass is 16.6. The number of alkyl carbamates (subject to hydrolysis) is 1. The number of rotatable bonds is 11. The predicted molar refractivity (Wildman–Crippen MR) is 138 cm³/mol. The number of carbonyl (C=O) groups excluding carboxylic acids is 4. The Kier molecular flexibility index (Phi) is 10.3. The maximum atomic E-state index is 14.0. The average Bonchev–Trinajstić information content (AvgIpc) is 2.70. The second-order valence-corrected chi connectivity index (χ2v) is 10.7. The van der Waals surface area contributed by atoms with Crippen LogP contribution in [0.25, 0.3) is 0 Å². The molecule has 0 heterocycles. The van der Waals surface area contributed by atoms with Gasteiger partial charge < -0.3 is 26.0 Å². The molecule has 0 radical (unpaired) electrons. The fourth-order valence-corrected chi connectivity index (χ4v) is 4.23. The minimum Gasteiger partial charge on any atom is -0.444 e. The number of benzene rings is 1. The summed E-state index contributed by atoms with van der Waals surface area (Å²) in [5.74, 6) is -1.57. The van der Waals surface area contributed by atoms with Crippen molar-refractivity contribution < 1.29 is 23.9 Å². The second kappa shape index (κ2) is 12.7. The molecule has 3 unspecified atom stereocenters. The first kappa shape index (κ1) is 29.1. The summed E-state index contributed by atoms with van der Waals surface area (Å²) in [6.07, 6.45) is 2.84. The number of primary amides is 1. The molecule has 200 valence electrons. The van der Waals surface area contributed by atoms with E-state index in [9.17, 15) is 19.2 Å². The van der Waals surface area contributed by atoms with E-state index in [1.807, 2.05) is 45.0 Å². The Morgan fingerprint density at radius 1 is 1.11 bits per heavy atom. The monoisotopic (exact) mass is 502 g/mol. The summed E-state index contributed by atoms with van der Waals surface area (Å²) in [7, 11) is 0. The standard InChI is InChI=1S/C27H42N4O5/c1-7-9-18(3)29-24(33)23(19-14-12-17(2)13-15-19)31(20-10-8-11-20)25(34)21(16-22(28)32)30-26(35)36-27(4,5)6/h12-15,18,20-21,23H,7-11,16H2,1-6H3,(H2,28,32)(H,29,33)(H,30,35). The van der Waals surface area contributed by atoms with Crippen molar-refractivity contribution >= 4 is 23.8 Å². The summed E-state index contributed by atoms with van der Waals surface area (Å²) in [6, 6.07) is 5.02. The maximum Gasteiger partial charge on any atom is 0.408 e. The van der Waals surface area contributed by atoms with Gasteiger partial charge in [0, 0.05) is 12.1 Å². The molecule has 1 fully saturated rings. The summed E-state index contributed by atoms with van der Waals surface area (Å²) in [5, 5.41) is 5.57. The molecule has 1 aromatic rings. The molecule has 3 atom stereocenters. The van der Waals surface area contributed by atoms with Crippen LogP contribution >= 0.6 is 0 Å². The van der Waals surface area contributed by atoms with Crippen molar-refractivity contribution in [3.05, 3.63) is 35.4 Å². The zero-order valence-electron chi connectivity index (χ0n) is 22.4. The van der Waals surface area contributed by atoms with Gasteiger partial charge in [-0.25, -0.2) is 4.79 Å². The van der Waals surface area contributed by atoms with Gasteiger partial charge >= 0.3 is 6.09 Å². The molecule has 0 aliphatic heterocycles. The molecule has 9 nitrogen and oxygen atoms in total. The number of nitrogens with one attached hydrogen (secondary N) is 2. The van der Waals surface area contributed by atoms with Crippen molar-refractivity contribution in [3.63, 3.8) is 0 Å². The van der Waals surface area contributed by atoms with Gasteiger partial charge in [-0.2, -0.15) is 0 Å². The van der Waals surface area contributed by atoms with Gasteiger partial charge in [0.2, 0.25) is 17.7 Å². The minimum absolute atomic E-state index is 0.0740. The highest BCUT2D eigenvalue weighted by Gasteiger charge is 2.42. The molecular formula is C27H42N4O5. The molecule has 0 saturated heterocycles. The zero-order chi connectivity index (χ0) is 27.0. The van der Waals surface area contributed by atoms with Crippen molar-refractivity contribution in [2.24, 2.45) is 5.73 Å². The van der Waals surface area contributed by atoms with Crippen LogP contribution in [0.1, 0.15) is 90.3 Å². The Bertz CT molecular complexity index is 921. The van der Waals surface area contributed by atoms with E-state index < -0.39 is 42.0 Å². The van der Waals surface area contributed by atoms with Crippen LogP contribution in [0.3, 0.4) is 0 Å². The van der Waals surface area contributed by atoms with Gasteiger partial charge in [0.15, 0.2) is 0 Å². The number of hydrogen-bond acceptors (Lipinski definition) is 5. The van der Waals surface area contributed by atoms with Crippen LogP contribution in [0, 0.1) is 6.92 Å². The van der Waals surface area contributed by atoms with E-state index in [0.29, 0.717) is 5.56 Å². The van der Waals surface area contributed by atoms with Crippen molar-refractivity contribution in [2.45, 2.75) is 110 Å². The Morgan fingerprint density at radius 3 is 2.19 bits per heavy atom. The number of ether oxygens (including phenoxy) is 1. The number of aryl methyl sites for hydroxylation is 1. The van der Waals surface area contributed by atoms with Crippen LogP contribution in [0.2, 0.25) is 0 Å². The predicted octanol–water partition coefficient (Wildman–Crippen LogP) is 3.49. The van der Waals surface area contributed by atoms with E-state index in [2.05, 4.69) is 10.6 Å². The lowest BCUT2D eigenvalue weighted by Crippen LogP contribution is -2.58. The first-order valence-corrected chi connectivity index (χ1v) is 12.8. The van der Waals surface area contributed by atoms with Gasteiger partial charge in [-0.15, -0.1) is 0 Å². The maximum absolute atomic E-state index is 14.0. The fourth-order valence-electron chi connectivity index (χ4n) is 4.23. The molecular weight excluding hydrogens is 460 g/mol. The van der Waals surface area contributed by atoms with Gasteiger partial charge in [0.05, 0.1) is 6.42 Å². The number of nitrogens with zero attached hydrogens (tertiary/aromatic N) is 1. The number of nitrogens with two attached hydrogens (primary N) is 1. The molecule has 36 heavy (non-hydrogen) atoms. The molecule has 1 aromatic carbocycles. The summed E-state index contributed by atoms with van der Waals surface area (Å²) >= 11 is 0. The van der Waals surface area contributed by atoms with Gasteiger partial charge in [-0.3, -0.25) is 14.4 Å². The molecule has 4 N–H and O–H groups in total. The smallest absolute Gasteiger partial charge is 0.408 e. The third-order valence-corrected chi connectivity index (χ3v) is 6.15. The van der Waals surface area contributed by atoms with Gasteiger partial charge in [-0.1, -0.05) is 43.2 Å². The van der Waals surface area contributed by atoms with E-state index in [0.717, 1.165) is 37.7 Å². The van der Waals surface area contributed by atoms with Crippen LogP contribution in [-0.2, 0) is 19.1 Å². The molecule has 0 spiro atoms. The van der Waals surface area contributed by atoms with E-state index >= 15 is 0 Å². The lowest BCUT2D eigenvalue weighted by molar-refractivity contribution is -0.148. The van der Waals surface area contributed by atoms with Crippen LogP contribution in [0.4, 0.5) is 4.79 Å². The third kappa shape index (κ3) is 8.53. The lowest BCUT2D eigenvalue weighted by Gasteiger charge is -2.43. The first-order chi connectivity index (χ1) is 16.8. The van der Waals surface area contributed by atoms with E-state index in [4.69, 9.17) is 10.5 Å². The summed E-state index contributed by atoms with van der Waals surface area (Å²) < 4.78 is 5.31. The quantitative estimate of drug-likeness (QED) is 0.426. The topological polar surface area (TPSA) is 131 Å². The molecule has 0 aromatic heterocycles. The Hall–Kier alpha value is -3.10. The molecule has 1 aliphatic carbocycles. The average molecular weight is 503 g/mol. The van der Waals surface area contributed by atoms with Crippen molar-refractivity contribution in [3.8, 4) is 0 Å². The summed E-state index contributed by atoms with van der Waals surface area (Å²) in [5.41, 5.74) is 6.33. The summed E-state index contributed by atoms with van der Waals surface area (Å²) in [6.45, 7) is 11.0. The van der Waals surface area contributed by atoms with Gasteiger partial charge in [0.25, 0.3) is 0 Å². The van der Waals surface area contributed by atoms with Crippen LogP contribution < -0.4 is 16.4 Å². The number of hydrogen-bond donors (Lipinski definition) is 3. The van der Waals surface area contributed by atoms with E-state index in [1.165, 1.54) is 4.90 Å². The molecule has 1 aliphatic rings. The van der Waals surface area contributed by atoms with Gasteiger partial charge in [0.1, 0.15) is 17.7 Å². The number of carbonyl (C=O) groups is 4. The Labute approximate surface area is 214 Å². The fraction of sp³-hybridized carbons (Fsp3) is 0.630. The Balaban J connectivity index is 2.47. The molecule has 4 amide bonds. The minimum atomic E-state index is -1.26. The van der Waals surface area contributed by atoms with Crippen molar-refractivity contribution in [1.82, 2.24) is 15.5 Å². The highest BCUT2D eigenvalue weighted by Crippen LogP contribution is 2.34. The van der Waals surface area contributed by atoms with Crippen LogP contribution in [0.5, 0.6) is 0 Å². The normalized spacial score (nSPS) is 16.2. The second-order valence-electron chi connectivity index (χ2n) is 10.7. The largest absolute Gasteiger partial charge is 0.444 e. The Morgan fingerprint density at radius 2 is 1.72 bits per heavy atom. The van der Waals surface area contributed by atoms with E-state index in [1.54, 1.807) is 20.8 Å². The number of amides is 4. The zero-order valence-corrected chi connectivity index (χ0v) is 22.4. The highest BCUT2D eigenvalue weighted by molar-refractivity contribution is 5.94. The van der Waals surface area contributed by atoms with Crippen LogP contribution in [-0.4, -0.2) is 52.4 Å². The molecule has 1 saturated carbocycles. The van der Waals surface area contributed by atoms with Crippen LogP contribution in [0.15, 0.2) is 24.3 Å². The SMILES string of the molecule is CCCC(C)NC(=O)C(c1ccc(C)cc1)N(C(=O)C(CC(N)=O)NC(=O)OC(C)(C)C)C1CCC1. The molecule has 9 heteroatoms. The lowest BCUT2D eigenvalue weighted by atomic mass is 9.87. The van der Waals surface area contributed by atoms with Gasteiger partial charge in [-0.05, 0) is 65.9 Å². The first-order valence-electron chi connectivity index (χ1n) is 12.8. The third-order valence-electron chi connectivity index (χ3n) is 6.15. The summed E-state index contributed by atoms with van der Waals surface area (Å²) in [4.78, 5) is 53.6.